The van der Waals surface area contributed by atoms with Gasteiger partial charge < -0.3 is 19.9 Å². The van der Waals surface area contributed by atoms with Gasteiger partial charge in [0.15, 0.2) is 5.96 Å². The van der Waals surface area contributed by atoms with Crippen LogP contribution >= 0.6 is 24.0 Å². The third-order valence-corrected chi connectivity index (χ3v) is 5.69. The number of amides is 1. The molecule has 2 fully saturated rings. The van der Waals surface area contributed by atoms with Crippen LogP contribution in [0.1, 0.15) is 43.9 Å². The van der Waals surface area contributed by atoms with Crippen molar-refractivity contribution in [2.24, 2.45) is 10.9 Å². The number of carbonyl (C=O) groups is 1. The predicted octanol–water partition coefficient (Wildman–Crippen LogP) is 3.21. The molecule has 3 rings (SSSR count). The summed E-state index contributed by atoms with van der Waals surface area (Å²) in [6.07, 6.45) is 2.35. The Balaban J connectivity index is 0.00000300. The zero-order valence-corrected chi connectivity index (χ0v) is 20.2. The van der Waals surface area contributed by atoms with Crippen molar-refractivity contribution in [1.82, 2.24) is 15.1 Å². The number of benzene rings is 1. The van der Waals surface area contributed by atoms with E-state index >= 15 is 0 Å². The van der Waals surface area contributed by atoms with Gasteiger partial charge in [0.1, 0.15) is 0 Å². The quantitative estimate of drug-likeness (QED) is 0.381. The molecule has 2 aliphatic heterocycles. The number of nitrogens with zero attached hydrogens (tertiary/aromatic N) is 3. The molecule has 2 saturated heterocycles. The summed E-state index contributed by atoms with van der Waals surface area (Å²) in [6.45, 7) is 11.5. The normalized spacial score (nSPS) is 22.8. The summed E-state index contributed by atoms with van der Waals surface area (Å²) in [5.41, 5.74) is 2.53. The number of piperazine rings is 1. The first-order chi connectivity index (χ1) is 13.6. The van der Waals surface area contributed by atoms with Gasteiger partial charge in [-0.15, -0.1) is 24.0 Å². The molecule has 0 spiro atoms. The highest BCUT2D eigenvalue weighted by Gasteiger charge is 2.28. The van der Waals surface area contributed by atoms with Gasteiger partial charge in [-0.25, -0.2) is 0 Å². The highest BCUT2D eigenvalue weighted by atomic mass is 127. The maximum atomic E-state index is 11.6. The van der Waals surface area contributed by atoms with Gasteiger partial charge in [-0.3, -0.25) is 9.79 Å². The lowest BCUT2D eigenvalue weighted by molar-refractivity contribution is -0.130. The summed E-state index contributed by atoms with van der Waals surface area (Å²) in [7, 11) is 0. The second-order valence-corrected chi connectivity index (χ2v) is 7.79. The summed E-state index contributed by atoms with van der Waals surface area (Å²) in [6, 6.07) is 8.70. The fourth-order valence-electron chi connectivity index (χ4n) is 4.02. The first-order valence-electron chi connectivity index (χ1n) is 10.6. The van der Waals surface area contributed by atoms with E-state index in [1.165, 1.54) is 11.1 Å². The Morgan fingerprint density at radius 3 is 2.45 bits per heavy atom. The molecule has 0 saturated carbocycles. The van der Waals surface area contributed by atoms with Crippen LogP contribution in [0.4, 0.5) is 0 Å². The highest BCUT2D eigenvalue weighted by Crippen LogP contribution is 2.34. The van der Waals surface area contributed by atoms with Crippen molar-refractivity contribution >= 4 is 35.8 Å². The van der Waals surface area contributed by atoms with Crippen LogP contribution in [-0.4, -0.2) is 67.5 Å². The number of aliphatic imine (C=N–C) groups is 1. The van der Waals surface area contributed by atoms with Crippen LogP contribution in [0.5, 0.6) is 0 Å². The molecule has 1 aromatic carbocycles. The maximum absolute atomic E-state index is 11.6. The highest BCUT2D eigenvalue weighted by molar-refractivity contribution is 14.0. The molecule has 2 atom stereocenters. The molecule has 0 aliphatic carbocycles. The minimum atomic E-state index is 0. The third-order valence-electron chi connectivity index (χ3n) is 5.69. The first-order valence-corrected chi connectivity index (χ1v) is 10.6. The van der Waals surface area contributed by atoms with E-state index in [9.17, 15) is 4.79 Å². The smallest absolute Gasteiger partial charge is 0.219 e. The number of halogens is 1. The molecule has 0 bridgehead atoms. The largest absolute Gasteiger partial charge is 0.373 e. The minimum absolute atomic E-state index is 0. The molecule has 0 aromatic heterocycles. The van der Waals surface area contributed by atoms with Gasteiger partial charge in [-0.05, 0) is 32.3 Å². The molecule has 2 heterocycles. The van der Waals surface area contributed by atoms with Crippen LogP contribution in [0.2, 0.25) is 0 Å². The molecule has 2 unspecified atom stereocenters. The van der Waals surface area contributed by atoms with Crippen LogP contribution in [0, 0.1) is 12.8 Å². The monoisotopic (exact) mass is 514 g/mol. The van der Waals surface area contributed by atoms with E-state index < -0.39 is 0 Å². The van der Waals surface area contributed by atoms with Crippen molar-refractivity contribution in [2.75, 3.05) is 45.9 Å². The predicted molar refractivity (Wildman–Crippen MR) is 128 cm³/mol. The van der Waals surface area contributed by atoms with Crippen LogP contribution < -0.4 is 5.32 Å². The minimum Gasteiger partial charge on any atom is -0.373 e. The van der Waals surface area contributed by atoms with E-state index in [0.717, 1.165) is 64.7 Å². The molecular weight excluding hydrogens is 479 g/mol. The third kappa shape index (κ3) is 6.57. The molecule has 6 nitrogen and oxygen atoms in total. The Kier molecular flexibility index (Phi) is 9.68. The Labute approximate surface area is 192 Å². The Bertz CT molecular complexity index is 672. The molecule has 1 amide bonds. The molecule has 1 aromatic rings. The second-order valence-electron chi connectivity index (χ2n) is 7.79. The van der Waals surface area contributed by atoms with Gasteiger partial charge in [0, 0.05) is 58.7 Å². The fraction of sp³-hybridized carbons (Fsp3) is 0.636. The van der Waals surface area contributed by atoms with E-state index in [1.54, 1.807) is 6.92 Å². The molecular formula is C22H35IN4O2. The van der Waals surface area contributed by atoms with Crippen molar-refractivity contribution in [3.05, 3.63) is 35.4 Å². The maximum Gasteiger partial charge on any atom is 0.219 e. The number of carbonyl (C=O) groups excluding carboxylic acids is 1. The van der Waals surface area contributed by atoms with E-state index in [-0.39, 0.29) is 36.0 Å². The molecule has 7 heteroatoms. The van der Waals surface area contributed by atoms with Crippen molar-refractivity contribution < 1.29 is 9.53 Å². The Morgan fingerprint density at radius 2 is 1.83 bits per heavy atom. The summed E-state index contributed by atoms with van der Waals surface area (Å²) in [4.78, 5) is 20.7. The molecule has 2 aliphatic rings. The van der Waals surface area contributed by atoms with Crippen LogP contribution in [0.25, 0.3) is 0 Å². The van der Waals surface area contributed by atoms with E-state index in [0.29, 0.717) is 5.92 Å². The summed E-state index contributed by atoms with van der Waals surface area (Å²) >= 11 is 0. The number of guanidine groups is 1. The zero-order valence-electron chi connectivity index (χ0n) is 17.9. The van der Waals surface area contributed by atoms with Crippen molar-refractivity contribution in [2.45, 2.75) is 39.7 Å². The summed E-state index contributed by atoms with van der Waals surface area (Å²) in [5.74, 6) is 1.50. The first kappa shape index (κ1) is 23.9. The molecule has 0 radical (unpaired) electrons. The van der Waals surface area contributed by atoms with Crippen molar-refractivity contribution in [1.29, 1.82) is 0 Å². The summed E-state index contributed by atoms with van der Waals surface area (Å²) in [5, 5.41) is 3.43. The lowest BCUT2D eigenvalue weighted by Crippen LogP contribution is -2.53. The number of nitrogens with one attached hydrogen (secondary N) is 1. The van der Waals surface area contributed by atoms with Gasteiger partial charge in [0.25, 0.3) is 0 Å². The average molecular weight is 514 g/mol. The summed E-state index contributed by atoms with van der Waals surface area (Å²) < 4.78 is 6.15. The van der Waals surface area contributed by atoms with E-state index in [2.05, 4.69) is 48.3 Å². The number of hydrogen-bond donors (Lipinski definition) is 1. The van der Waals surface area contributed by atoms with E-state index in [1.807, 2.05) is 4.90 Å². The average Bonchev–Trinajstić information content (AvgIpc) is 2.72. The van der Waals surface area contributed by atoms with Gasteiger partial charge in [-0.1, -0.05) is 29.8 Å². The second kappa shape index (κ2) is 11.7. The molecule has 29 heavy (non-hydrogen) atoms. The lowest BCUT2D eigenvalue weighted by atomic mass is 9.89. The number of hydrogen-bond acceptors (Lipinski definition) is 3. The number of aryl methyl sites for hydroxylation is 1. The standard InChI is InChI=1S/C22H34N4O2.HI/c1-4-23-22(26-13-11-25(12-14-26)18(3)27)24-16-20-6-5-15-28-21(20)19-9-7-17(2)8-10-19;/h7-10,20-21H,4-6,11-16H2,1-3H3,(H,23,24);1H. The van der Waals surface area contributed by atoms with Gasteiger partial charge in [0.2, 0.25) is 5.91 Å². The molecule has 1 N–H and O–H groups in total. The Hall–Kier alpha value is -1.35. The van der Waals surface area contributed by atoms with Crippen molar-refractivity contribution in [3.8, 4) is 0 Å². The zero-order chi connectivity index (χ0) is 19.9. The van der Waals surface area contributed by atoms with Crippen molar-refractivity contribution in [3.63, 3.8) is 0 Å². The number of ether oxygens (including phenoxy) is 1. The lowest BCUT2D eigenvalue weighted by Gasteiger charge is -2.36. The van der Waals surface area contributed by atoms with Gasteiger partial charge in [-0.2, -0.15) is 0 Å². The van der Waals surface area contributed by atoms with Gasteiger partial charge >= 0.3 is 0 Å². The van der Waals surface area contributed by atoms with Crippen LogP contribution in [-0.2, 0) is 9.53 Å². The fourth-order valence-corrected chi connectivity index (χ4v) is 4.02. The molecule has 162 valence electrons. The topological polar surface area (TPSA) is 57.2 Å². The Morgan fingerprint density at radius 1 is 1.17 bits per heavy atom. The van der Waals surface area contributed by atoms with Gasteiger partial charge in [0.05, 0.1) is 6.10 Å². The SMILES string of the molecule is CCNC(=NCC1CCCOC1c1ccc(C)cc1)N1CCN(C(C)=O)CC1.I. The van der Waals surface area contributed by atoms with Crippen LogP contribution in [0.15, 0.2) is 29.3 Å². The van der Waals surface area contributed by atoms with Crippen LogP contribution in [0.3, 0.4) is 0 Å². The van der Waals surface area contributed by atoms with E-state index in [4.69, 9.17) is 9.73 Å². The number of rotatable bonds is 4.